The summed E-state index contributed by atoms with van der Waals surface area (Å²) in [6.07, 6.45) is -0.176. The Morgan fingerprint density at radius 2 is 1.78 bits per heavy atom. The third-order valence-electron chi connectivity index (χ3n) is 2.77. The topological polar surface area (TPSA) is 80.7 Å². The third kappa shape index (κ3) is 2.16. The van der Waals surface area contributed by atoms with Crippen molar-refractivity contribution in [3.8, 4) is 0 Å². The number of cyclic esters (lactones) is 1. The Labute approximate surface area is 105 Å². The fourth-order valence-corrected chi connectivity index (χ4v) is 2.42. The number of esters is 1. The predicted octanol–water partition coefficient (Wildman–Crippen LogP) is 0.739. The van der Waals surface area contributed by atoms with Crippen LogP contribution in [0, 0.1) is 0 Å². The lowest BCUT2D eigenvalue weighted by Crippen LogP contribution is -2.09. The molecule has 2 rings (SSSR count). The van der Waals surface area contributed by atoms with Crippen LogP contribution in [0.25, 0.3) is 5.57 Å². The molecule has 1 aromatic carbocycles. The van der Waals surface area contributed by atoms with Crippen LogP contribution in [0.2, 0.25) is 0 Å². The Balaban J connectivity index is 2.46. The Hall–Kier alpha value is -1.66. The zero-order valence-electron chi connectivity index (χ0n) is 9.88. The minimum Gasteiger partial charge on any atom is -0.428 e. The lowest BCUT2D eigenvalue weighted by molar-refractivity contribution is -0.150. The van der Waals surface area contributed by atoms with Crippen LogP contribution < -0.4 is 0 Å². The fraction of sp³-hybridized carbons (Fsp3) is 0.250. The van der Waals surface area contributed by atoms with Crippen LogP contribution in [0.5, 0.6) is 0 Å². The number of aliphatic hydroxyl groups excluding tert-OH is 1. The summed E-state index contributed by atoms with van der Waals surface area (Å²) in [4.78, 5) is 11.4. The van der Waals surface area contributed by atoms with Gasteiger partial charge in [0.15, 0.2) is 9.84 Å². The number of benzene rings is 1. The van der Waals surface area contributed by atoms with E-state index in [0.29, 0.717) is 16.7 Å². The zero-order valence-corrected chi connectivity index (χ0v) is 10.7. The van der Waals surface area contributed by atoms with Gasteiger partial charge in [-0.3, -0.25) is 0 Å². The standard InChI is InChI=1S/C12H12O5S/c1-7-10(12(14)17-11(7)13)8-3-5-9(6-4-8)18(2,15)16/h3-6,12,14H,1-2H3. The fourth-order valence-electron chi connectivity index (χ4n) is 1.78. The van der Waals surface area contributed by atoms with Gasteiger partial charge in [0, 0.05) is 17.4 Å². The predicted molar refractivity (Wildman–Crippen MR) is 64.2 cm³/mol. The summed E-state index contributed by atoms with van der Waals surface area (Å²) < 4.78 is 27.3. The minimum absolute atomic E-state index is 0.184. The van der Waals surface area contributed by atoms with Gasteiger partial charge in [-0.25, -0.2) is 13.2 Å². The van der Waals surface area contributed by atoms with Gasteiger partial charge >= 0.3 is 5.97 Å². The summed E-state index contributed by atoms with van der Waals surface area (Å²) in [5.41, 5.74) is 1.27. The largest absolute Gasteiger partial charge is 0.428 e. The number of carbonyl (C=O) groups excluding carboxylic acids is 1. The highest BCUT2D eigenvalue weighted by atomic mass is 32.2. The molecule has 18 heavy (non-hydrogen) atoms. The van der Waals surface area contributed by atoms with E-state index < -0.39 is 22.1 Å². The molecule has 0 radical (unpaired) electrons. The van der Waals surface area contributed by atoms with E-state index in [2.05, 4.69) is 4.74 Å². The minimum atomic E-state index is -3.26. The van der Waals surface area contributed by atoms with Crippen LogP contribution in [-0.2, 0) is 19.4 Å². The molecule has 1 aliphatic heterocycles. The summed E-state index contributed by atoms with van der Waals surface area (Å²) in [5.74, 6) is -0.565. The van der Waals surface area contributed by atoms with Crippen molar-refractivity contribution >= 4 is 21.4 Å². The lowest BCUT2D eigenvalue weighted by atomic mass is 10.0. The summed E-state index contributed by atoms with van der Waals surface area (Å²) in [7, 11) is -3.26. The van der Waals surface area contributed by atoms with Crippen LogP contribution in [0.1, 0.15) is 12.5 Å². The van der Waals surface area contributed by atoms with Crippen LogP contribution in [0.3, 0.4) is 0 Å². The molecule has 0 saturated heterocycles. The summed E-state index contributed by atoms with van der Waals surface area (Å²) >= 11 is 0. The Morgan fingerprint density at radius 3 is 2.17 bits per heavy atom. The van der Waals surface area contributed by atoms with Crippen LogP contribution in [0.4, 0.5) is 0 Å². The van der Waals surface area contributed by atoms with Crippen molar-refractivity contribution in [2.75, 3.05) is 6.26 Å². The van der Waals surface area contributed by atoms with Gasteiger partial charge in [0.2, 0.25) is 6.29 Å². The van der Waals surface area contributed by atoms with Crippen LogP contribution in [0.15, 0.2) is 34.7 Å². The van der Waals surface area contributed by atoms with Gasteiger partial charge in [0.05, 0.1) is 4.90 Å². The smallest absolute Gasteiger partial charge is 0.336 e. The van der Waals surface area contributed by atoms with Crippen molar-refractivity contribution in [1.82, 2.24) is 0 Å². The molecule has 0 saturated carbocycles. The average Bonchev–Trinajstić information content (AvgIpc) is 2.52. The van der Waals surface area contributed by atoms with Crippen molar-refractivity contribution in [2.45, 2.75) is 18.1 Å². The zero-order chi connectivity index (χ0) is 13.5. The van der Waals surface area contributed by atoms with Gasteiger partial charge in [-0.15, -0.1) is 0 Å². The number of aliphatic hydroxyl groups is 1. The monoisotopic (exact) mass is 268 g/mol. The molecule has 1 heterocycles. The maximum Gasteiger partial charge on any atom is 0.336 e. The van der Waals surface area contributed by atoms with Gasteiger partial charge < -0.3 is 9.84 Å². The Morgan fingerprint density at radius 1 is 1.22 bits per heavy atom. The molecule has 0 fully saturated rings. The van der Waals surface area contributed by atoms with Crippen molar-refractivity contribution in [2.24, 2.45) is 0 Å². The molecule has 0 aromatic heterocycles. The highest BCUT2D eigenvalue weighted by Gasteiger charge is 2.30. The molecule has 96 valence electrons. The van der Waals surface area contributed by atoms with E-state index in [1.165, 1.54) is 12.1 Å². The number of hydrogen-bond acceptors (Lipinski definition) is 5. The second-order valence-electron chi connectivity index (χ2n) is 4.09. The molecule has 1 aromatic rings. The number of sulfone groups is 1. The number of rotatable bonds is 2. The normalized spacial score (nSPS) is 20.2. The van der Waals surface area contributed by atoms with E-state index in [9.17, 15) is 18.3 Å². The summed E-state index contributed by atoms with van der Waals surface area (Å²) in [6.45, 7) is 1.55. The molecule has 0 bridgehead atoms. The molecule has 0 amide bonds. The van der Waals surface area contributed by atoms with E-state index in [1.807, 2.05) is 0 Å². The summed E-state index contributed by atoms with van der Waals surface area (Å²) in [5, 5.41) is 9.59. The quantitative estimate of drug-likeness (QED) is 0.800. The maximum absolute atomic E-state index is 11.3. The molecule has 1 atom stereocenters. The maximum atomic E-state index is 11.3. The van der Waals surface area contributed by atoms with E-state index in [4.69, 9.17) is 0 Å². The second kappa shape index (κ2) is 4.22. The van der Waals surface area contributed by atoms with E-state index in [1.54, 1.807) is 19.1 Å². The Kier molecular flexibility index (Phi) is 3.00. The van der Waals surface area contributed by atoms with E-state index in [-0.39, 0.29) is 4.90 Å². The number of hydrogen-bond donors (Lipinski definition) is 1. The molecular formula is C12H12O5S. The molecule has 1 unspecified atom stereocenters. The van der Waals surface area contributed by atoms with Gasteiger partial charge in [-0.1, -0.05) is 12.1 Å². The number of ether oxygens (including phenoxy) is 1. The van der Waals surface area contributed by atoms with Crippen LogP contribution >= 0.6 is 0 Å². The lowest BCUT2D eigenvalue weighted by Gasteiger charge is -2.08. The van der Waals surface area contributed by atoms with Crippen molar-refractivity contribution in [3.63, 3.8) is 0 Å². The molecule has 5 nitrogen and oxygen atoms in total. The van der Waals surface area contributed by atoms with Crippen LogP contribution in [-0.4, -0.2) is 32.0 Å². The molecule has 0 aliphatic carbocycles. The molecule has 6 heteroatoms. The average molecular weight is 268 g/mol. The van der Waals surface area contributed by atoms with Crippen molar-refractivity contribution in [1.29, 1.82) is 0 Å². The molecule has 0 spiro atoms. The van der Waals surface area contributed by atoms with E-state index >= 15 is 0 Å². The van der Waals surface area contributed by atoms with Crippen molar-refractivity contribution < 1.29 is 23.1 Å². The molecule has 1 aliphatic rings. The molecular weight excluding hydrogens is 256 g/mol. The first-order valence-corrected chi connectivity index (χ1v) is 7.10. The van der Waals surface area contributed by atoms with Gasteiger partial charge in [-0.05, 0) is 24.6 Å². The SMILES string of the molecule is CC1=C(c2ccc(S(C)(=O)=O)cc2)C(O)OC1=O. The second-order valence-corrected chi connectivity index (χ2v) is 6.11. The summed E-state index contributed by atoms with van der Waals surface area (Å²) in [6, 6.07) is 5.95. The highest BCUT2D eigenvalue weighted by molar-refractivity contribution is 7.90. The third-order valence-corrected chi connectivity index (χ3v) is 3.90. The van der Waals surface area contributed by atoms with Gasteiger partial charge in [-0.2, -0.15) is 0 Å². The number of carbonyl (C=O) groups is 1. The van der Waals surface area contributed by atoms with Gasteiger partial charge in [0.1, 0.15) is 0 Å². The Bertz CT molecular complexity index is 625. The first kappa shape index (κ1) is 12.8. The first-order chi connectivity index (χ1) is 8.30. The van der Waals surface area contributed by atoms with Crippen molar-refractivity contribution in [3.05, 3.63) is 35.4 Å². The highest BCUT2D eigenvalue weighted by Crippen LogP contribution is 2.30. The van der Waals surface area contributed by atoms with Gasteiger partial charge in [0.25, 0.3) is 0 Å². The molecule has 1 N–H and O–H groups in total. The van der Waals surface area contributed by atoms with E-state index in [0.717, 1.165) is 6.26 Å². The first-order valence-electron chi connectivity index (χ1n) is 5.21.